The van der Waals surface area contributed by atoms with Gasteiger partial charge in [0, 0.05) is 22.1 Å². The fourth-order valence-corrected chi connectivity index (χ4v) is 5.04. The minimum atomic E-state index is 0.0483. The Labute approximate surface area is 146 Å². The van der Waals surface area contributed by atoms with Crippen LogP contribution in [0.5, 0.6) is 0 Å². The summed E-state index contributed by atoms with van der Waals surface area (Å²) in [6, 6.07) is 10.3. The van der Waals surface area contributed by atoms with Gasteiger partial charge in [-0.25, -0.2) is 0 Å². The standard InChI is InChI=1S/C19H21NOS2/c1-12(15-7-5-4-6-8-15)10-20-19(21)18-9-17-16(11-22-18)13(2)14(3)23-17/h4-9,12H,10-11H2,1-3H3,(H,20,21)/t12-/m0/s1. The zero-order valence-electron chi connectivity index (χ0n) is 13.7. The molecular weight excluding hydrogens is 322 g/mol. The Hall–Kier alpha value is -1.52. The average molecular weight is 344 g/mol. The highest BCUT2D eigenvalue weighted by molar-refractivity contribution is 8.03. The third-order valence-corrected chi connectivity index (χ3v) is 6.58. The van der Waals surface area contributed by atoms with E-state index in [0.717, 1.165) is 10.7 Å². The average Bonchev–Trinajstić information content (AvgIpc) is 2.87. The van der Waals surface area contributed by atoms with E-state index in [1.54, 1.807) is 23.1 Å². The number of amides is 1. The lowest BCUT2D eigenvalue weighted by molar-refractivity contribution is -0.116. The van der Waals surface area contributed by atoms with Crippen LogP contribution >= 0.6 is 23.1 Å². The minimum Gasteiger partial charge on any atom is -0.351 e. The molecule has 2 heterocycles. The van der Waals surface area contributed by atoms with Crippen LogP contribution in [-0.2, 0) is 10.5 Å². The predicted octanol–water partition coefficient (Wildman–Crippen LogP) is 4.87. The number of thioether (sulfide) groups is 1. The number of hydrogen-bond acceptors (Lipinski definition) is 3. The van der Waals surface area contributed by atoms with Gasteiger partial charge in [0.1, 0.15) is 0 Å². The molecule has 0 aliphatic carbocycles. The Morgan fingerprint density at radius 1 is 1.26 bits per heavy atom. The molecule has 0 spiro atoms. The SMILES string of the molecule is Cc1sc2c(c1C)CSC(C(=O)NC[C@H](C)c1ccccc1)=C2. The Kier molecular flexibility index (Phi) is 4.93. The van der Waals surface area contributed by atoms with E-state index in [-0.39, 0.29) is 5.91 Å². The largest absolute Gasteiger partial charge is 0.351 e. The molecule has 0 bridgehead atoms. The summed E-state index contributed by atoms with van der Waals surface area (Å²) in [5.74, 6) is 1.27. The summed E-state index contributed by atoms with van der Waals surface area (Å²) in [7, 11) is 0. The van der Waals surface area contributed by atoms with Gasteiger partial charge in [0.25, 0.3) is 5.91 Å². The first-order valence-electron chi connectivity index (χ1n) is 7.82. The van der Waals surface area contributed by atoms with Crippen LogP contribution in [0.2, 0.25) is 0 Å². The van der Waals surface area contributed by atoms with E-state index in [9.17, 15) is 4.79 Å². The number of fused-ring (bicyclic) bond motifs is 1. The number of carbonyl (C=O) groups is 1. The lowest BCUT2D eigenvalue weighted by Gasteiger charge is -2.16. The van der Waals surface area contributed by atoms with Gasteiger partial charge in [-0.1, -0.05) is 37.3 Å². The van der Waals surface area contributed by atoms with Crippen molar-refractivity contribution in [1.29, 1.82) is 0 Å². The summed E-state index contributed by atoms with van der Waals surface area (Å²) in [6.07, 6.45) is 2.05. The lowest BCUT2D eigenvalue weighted by Crippen LogP contribution is -2.28. The second-order valence-corrected chi connectivity index (χ2v) is 8.22. The van der Waals surface area contributed by atoms with E-state index >= 15 is 0 Å². The zero-order valence-corrected chi connectivity index (χ0v) is 15.3. The first kappa shape index (κ1) is 16.3. The second-order valence-electron chi connectivity index (χ2n) is 5.95. The molecule has 23 heavy (non-hydrogen) atoms. The molecule has 120 valence electrons. The topological polar surface area (TPSA) is 29.1 Å². The summed E-state index contributed by atoms with van der Waals surface area (Å²) in [4.78, 5) is 15.9. The monoisotopic (exact) mass is 343 g/mol. The third-order valence-electron chi connectivity index (χ3n) is 4.34. The highest BCUT2D eigenvalue weighted by Crippen LogP contribution is 2.39. The molecule has 0 saturated heterocycles. The van der Waals surface area contributed by atoms with E-state index in [2.05, 4.69) is 44.3 Å². The Morgan fingerprint density at radius 2 is 2.00 bits per heavy atom. The van der Waals surface area contributed by atoms with E-state index in [1.165, 1.54) is 26.4 Å². The maximum absolute atomic E-state index is 12.4. The van der Waals surface area contributed by atoms with Crippen molar-refractivity contribution in [3.05, 3.63) is 61.7 Å². The normalized spacial score (nSPS) is 14.8. The number of hydrogen-bond donors (Lipinski definition) is 1. The lowest BCUT2D eigenvalue weighted by atomic mass is 10.0. The summed E-state index contributed by atoms with van der Waals surface area (Å²) >= 11 is 3.43. The number of rotatable bonds is 4. The van der Waals surface area contributed by atoms with Crippen molar-refractivity contribution in [3.63, 3.8) is 0 Å². The Morgan fingerprint density at radius 3 is 2.74 bits per heavy atom. The predicted molar refractivity (Wildman–Crippen MR) is 101 cm³/mol. The van der Waals surface area contributed by atoms with Gasteiger partial charge < -0.3 is 5.32 Å². The Bertz CT molecular complexity index is 746. The molecule has 4 heteroatoms. The molecular formula is C19H21NOS2. The van der Waals surface area contributed by atoms with Gasteiger partial charge >= 0.3 is 0 Å². The molecule has 1 N–H and O–H groups in total. The smallest absolute Gasteiger partial charge is 0.257 e. The van der Waals surface area contributed by atoms with Crippen molar-refractivity contribution < 1.29 is 4.79 Å². The fraction of sp³-hybridized carbons (Fsp3) is 0.316. The maximum Gasteiger partial charge on any atom is 0.257 e. The highest BCUT2D eigenvalue weighted by atomic mass is 32.2. The fourth-order valence-electron chi connectivity index (χ4n) is 2.67. The summed E-state index contributed by atoms with van der Waals surface area (Å²) in [5, 5.41) is 3.08. The van der Waals surface area contributed by atoms with Crippen LogP contribution in [0, 0.1) is 13.8 Å². The molecule has 1 aromatic carbocycles. The van der Waals surface area contributed by atoms with Crippen molar-refractivity contribution in [2.75, 3.05) is 6.54 Å². The zero-order chi connectivity index (χ0) is 16.4. The molecule has 0 unspecified atom stereocenters. The van der Waals surface area contributed by atoms with Crippen LogP contribution in [0.3, 0.4) is 0 Å². The molecule has 0 saturated carbocycles. The quantitative estimate of drug-likeness (QED) is 0.858. The van der Waals surface area contributed by atoms with Gasteiger partial charge in [0.15, 0.2) is 0 Å². The van der Waals surface area contributed by atoms with Gasteiger partial charge in [0.05, 0.1) is 4.91 Å². The van der Waals surface area contributed by atoms with Crippen LogP contribution in [0.15, 0.2) is 35.2 Å². The first-order valence-corrected chi connectivity index (χ1v) is 9.63. The molecule has 2 aromatic rings. The molecule has 1 aliphatic heterocycles. The molecule has 1 aromatic heterocycles. The van der Waals surface area contributed by atoms with Crippen molar-refractivity contribution in [2.24, 2.45) is 0 Å². The van der Waals surface area contributed by atoms with E-state index in [4.69, 9.17) is 0 Å². The second kappa shape index (κ2) is 6.93. The third kappa shape index (κ3) is 3.54. The van der Waals surface area contributed by atoms with Crippen LogP contribution in [0.25, 0.3) is 6.08 Å². The molecule has 1 amide bonds. The molecule has 2 nitrogen and oxygen atoms in total. The number of benzene rings is 1. The Balaban J connectivity index is 1.65. The number of aryl methyl sites for hydroxylation is 1. The van der Waals surface area contributed by atoms with Crippen molar-refractivity contribution in [1.82, 2.24) is 5.32 Å². The van der Waals surface area contributed by atoms with Gasteiger partial charge in [0.2, 0.25) is 0 Å². The van der Waals surface area contributed by atoms with Gasteiger partial charge in [-0.3, -0.25) is 4.79 Å². The number of carbonyl (C=O) groups excluding carboxylic acids is 1. The van der Waals surface area contributed by atoms with Gasteiger partial charge in [-0.2, -0.15) is 0 Å². The van der Waals surface area contributed by atoms with E-state index in [0.29, 0.717) is 12.5 Å². The summed E-state index contributed by atoms with van der Waals surface area (Å²) < 4.78 is 0. The molecule has 1 aliphatic rings. The number of nitrogens with one attached hydrogen (secondary N) is 1. The van der Waals surface area contributed by atoms with Crippen molar-refractivity contribution >= 4 is 35.1 Å². The minimum absolute atomic E-state index is 0.0483. The molecule has 1 atom stereocenters. The van der Waals surface area contributed by atoms with E-state index < -0.39 is 0 Å². The highest BCUT2D eigenvalue weighted by Gasteiger charge is 2.21. The molecule has 0 fully saturated rings. The number of thiophene rings is 1. The summed E-state index contributed by atoms with van der Waals surface area (Å²) in [5.41, 5.74) is 4.03. The van der Waals surface area contributed by atoms with Crippen LogP contribution in [-0.4, -0.2) is 12.5 Å². The molecule has 3 rings (SSSR count). The van der Waals surface area contributed by atoms with Crippen molar-refractivity contribution in [2.45, 2.75) is 32.4 Å². The van der Waals surface area contributed by atoms with Crippen LogP contribution in [0.1, 0.15) is 39.3 Å². The molecule has 0 radical (unpaired) electrons. The summed E-state index contributed by atoms with van der Waals surface area (Å²) in [6.45, 7) is 7.13. The van der Waals surface area contributed by atoms with Crippen LogP contribution < -0.4 is 5.32 Å². The first-order chi connectivity index (χ1) is 11.1. The van der Waals surface area contributed by atoms with Gasteiger partial charge in [-0.15, -0.1) is 23.1 Å². The van der Waals surface area contributed by atoms with Crippen LogP contribution in [0.4, 0.5) is 0 Å². The van der Waals surface area contributed by atoms with Crippen molar-refractivity contribution in [3.8, 4) is 0 Å². The van der Waals surface area contributed by atoms with Gasteiger partial charge in [-0.05, 0) is 42.5 Å². The maximum atomic E-state index is 12.4. The van der Waals surface area contributed by atoms with E-state index in [1.807, 2.05) is 18.2 Å².